The van der Waals surface area contributed by atoms with E-state index in [1.54, 1.807) is 24.5 Å². The fraction of sp³-hybridized carbons (Fsp3) is 0.625. The van der Waals surface area contributed by atoms with Gasteiger partial charge in [-0.25, -0.2) is 4.98 Å². The Morgan fingerprint density at radius 1 is 1.75 bits per heavy atom. The maximum absolute atomic E-state index is 9.33. The molecule has 2 N–H and O–H groups in total. The summed E-state index contributed by atoms with van der Waals surface area (Å²) in [6.45, 7) is 3.83. The highest BCUT2D eigenvalue weighted by Gasteiger charge is 2.12. The van der Waals surface area contributed by atoms with Gasteiger partial charge in [0.2, 0.25) is 0 Å². The molecule has 1 rings (SSSR count). The van der Waals surface area contributed by atoms with Gasteiger partial charge >= 0.3 is 0 Å². The predicted molar refractivity (Wildman–Crippen MR) is 51.5 cm³/mol. The second kappa shape index (κ2) is 4.42. The molecular weight excluding hydrogens is 172 g/mol. The molecule has 0 saturated carbocycles. The molecule has 0 bridgehead atoms. The highest BCUT2D eigenvalue weighted by Crippen LogP contribution is 2.14. The van der Waals surface area contributed by atoms with Gasteiger partial charge in [-0.05, 0) is 13.3 Å². The van der Waals surface area contributed by atoms with E-state index in [0.717, 1.165) is 11.6 Å². The molecule has 0 radical (unpaired) electrons. The number of aliphatic hydroxyl groups is 1. The van der Waals surface area contributed by atoms with E-state index >= 15 is 0 Å². The summed E-state index contributed by atoms with van der Waals surface area (Å²) in [7, 11) is 0. The Bertz CT molecular complexity index is 211. The zero-order chi connectivity index (χ0) is 8.97. The van der Waals surface area contributed by atoms with Gasteiger partial charge in [0.05, 0.1) is 12.1 Å². The standard InChI is InChI=1S/C8H14N2OS/c1-3-7(6(2)11)10-8-9-4-5-12-8/h4-7,11H,3H2,1-2H3,(H,9,10). The largest absolute Gasteiger partial charge is 0.391 e. The van der Waals surface area contributed by atoms with Crippen molar-refractivity contribution in [1.29, 1.82) is 0 Å². The summed E-state index contributed by atoms with van der Waals surface area (Å²) in [5, 5.41) is 15.3. The van der Waals surface area contributed by atoms with E-state index in [-0.39, 0.29) is 12.1 Å². The summed E-state index contributed by atoms with van der Waals surface area (Å²) in [5.74, 6) is 0. The first kappa shape index (κ1) is 9.48. The van der Waals surface area contributed by atoms with Crippen LogP contribution in [-0.4, -0.2) is 22.2 Å². The molecule has 0 aromatic carbocycles. The van der Waals surface area contributed by atoms with Gasteiger partial charge in [-0.2, -0.15) is 0 Å². The molecule has 1 aromatic rings. The molecule has 0 aliphatic heterocycles. The minimum atomic E-state index is -0.334. The highest BCUT2D eigenvalue weighted by molar-refractivity contribution is 7.13. The SMILES string of the molecule is CCC(Nc1nccs1)C(C)O. The number of hydrogen-bond acceptors (Lipinski definition) is 4. The Balaban J connectivity index is 2.48. The molecule has 0 fully saturated rings. The third-order valence-corrected chi connectivity index (χ3v) is 2.47. The molecule has 0 aliphatic rings. The molecule has 0 spiro atoms. The molecule has 0 saturated heterocycles. The van der Waals surface area contributed by atoms with Crippen molar-refractivity contribution < 1.29 is 5.11 Å². The average molecular weight is 186 g/mol. The summed E-state index contributed by atoms with van der Waals surface area (Å²) in [5.41, 5.74) is 0. The van der Waals surface area contributed by atoms with E-state index in [2.05, 4.69) is 10.3 Å². The maximum atomic E-state index is 9.33. The molecule has 1 aromatic heterocycles. The van der Waals surface area contributed by atoms with Crippen molar-refractivity contribution in [3.63, 3.8) is 0 Å². The molecule has 4 heteroatoms. The van der Waals surface area contributed by atoms with Gasteiger partial charge in [0, 0.05) is 11.6 Å². The maximum Gasteiger partial charge on any atom is 0.182 e. The first-order chi connectivity index (χ1) is 5.74. The van der Waals surface area contributed by atoms with Crippen LogP contribution in [0.25, 0.3) is 0 Å². The molecule has 12 heavy (non-hydrogen) atoms. The Morgan fingerprint density at radius 3 is 2.92 bits per heavy atom. The molecule has 2 unspecified atom stereocenters. The monoisotopic (exact) mass is 186 g/mol. The van der Waals surface area contributed by atoms with Crippen LogP contribution in [0.2, 0.25) is 0 Å². The van der Waals surface area contributed by atoms with Crippen molar-refractivity contribution in [2.75, 3.05) is 5.32 Å². The zero-order valence-corrected chi connectivity index (χ0v) is 8.14. The summed E-state index contributed by atoms with van der Waals surface area (Å²) in [4.78, 5) is 4.08. The molecule has 68 valence electrons. The van der Waals surface area contributed by atoms with Crippen LogP contribution in [0.3, 0.4) is 0 Å². The van der Waals surface area contributed by atoms with Gasteiger partial charge in [-0.1, -0.05) is 6.92 Å². The van der Waals surface area contributed by atoms with E-state index in [9.17, 15) is 5.11 Å². The van der Waals surface area contributed by atoms with Crippen LogP contribution >= 0.6 is 11.3 Å². The lowest BCUT2D eigenvalue weighted by atomic mass is 10.1. The lowest BCUT2D eigenvalue weighted by Crippen LogP contribution is -2.30. The van der Waals surface area contributed by atoms with Crippen molar-refractivity contribution >= 4 is 16.5 Å². The van der Waals surface area contributed by atoms with Crippen LogP contribution in [-0.2, 0) is 0 Å². The number of anilines is 1. The van der Waals surface area contributed by atoms with Crippen molar-refractivity contribution in [2.45, 2.75) is 32.4 Å². The van der Waals surface area contributed by atoms with Crippen molar-refractivity contribution in [2.24, 2.45) is 0 Å². The predicted octanol–water partition coefficient (Wildman–Crippen LogP) is 1.71. The van der Waals surface area contributed by atoms with Crippen LogP contribution in [0.4, 0.5) is 5.13 Å². The van der Waals surface area contributed by atoms with Crippen LogP contribution in [0.5, 0.6) is 0 Å². The zero-order valence-electron chi connectivity index (χ0n) is 7.32. The summed E-state index contributed by atoms with van der Waals surface area (Å²) in [6.07, 6.45) is 2.32. The molecule has 2 atom stereocenters. The number of rotatable bonds is 4. The topological polar surface area (TPSA) is 45.2 Å². The lowest BCUT2D eigenvalue weighted by Gasteiger charge is -2.18. The second-order valence-corrected chi connectivity index (χ2v) is 3.63. The number of hydrogen-bond donors (Lipinski definition) is 2. The third-order valence-electron chi connectivity index (χ3n) is 1.76. The summed E-state index contributed by atoms with van der Waals surface area (Å²) < 4.78 is 0. The molecule has 3 nitrogen and oxygen atoms in total. The first-order valence-corrected chi connectivity index (χ1v) is 4.96. The van der Waals surface area contributed by atoms with Crippen LogP contribution < -0.4 is 5.32 Å². The average Bonchev–Trinajstić information content (AvgIpc) is 2.51. The van der Waals surface area contributed by atoms with Crippen LogP contribution in [0.1, 0.15) is 20.3 Å². The van der Waals surface area contributed by atoms with Gasteiger partial charge in [-0.15, -0.1) is 11.3 Å². The highest BCUT2D eigenvalue weighted by atomic mass is 32.1. The van der Waals surface area contributed by atoms with E-state index in [1.165, 1.54) is 0 Å². The normalized spacial score (nSPS) is 15.6. The summed E-state index contributed by atoms with van der Waals surface area (Å²) in [6, 6.07) is 0.108. The molecule has 0 amide bonds. The summed E-state index contributed by atoms with van der Waals surface area (Å²) >= 11 is 1.55. The van der Waals surface area contributed by atoms with Gasteiger partial charge in [-0.3, -0.25) is 0 Å². The van der Waals surface area contributed by atoms with Crippen LogP contribution in [0.15, 0.2) is 11.6 Å². The molecule has 0 aliphatic carbocycles. The van der Waals surface area contributed by atoms with Gasteiger partial charge in [0.1, 0.15) is 0 Å². The van der Waals surface area contributed by atoms with Crippen molar-refractivity contribution in [3.05, 3.63) is 11.6 Å². The van der Waals surface area contributed by atoms with E-state index < -0.39 is 0 Å². The minimum absolute atomic E-state index is 0.108. The smallest absolute Gasteiger partial charge is 0.182 e. The van der Waals surface area contributed by atoms with E-state index in [4.69, 9.17) is 0 Å². The van der Waals surface area contributed by atoms with Crippen molar-refractivity contribution in [1.82, 2.24) is 4.98 Å². The number of nitrogens with zero attached hydrogens (tertiary/aromatic N) is 1. The van der Waals surface area contributed by atoms with Gasteiger partial charge < -0.3 is 10.4 Å². The minimum Gasteiger partial charge on any atom is -0.391 e. The van der Waals surface area contributed by atoms with E-state index in [1.807, 2.05) is 12.3 Å². The quantitative estimate of drug-likeness (QED) is 0.752. The van der Waals surface area contributed by atoms with Crippen molar-refractivity contribution in [3.8, 4) is 0 Å². The third kappa shape index (κ3) is 2.46. The number of thiazole rings is 1. The van der Waals surface area contributed by atoms with Gasteiger partial charge in [0.25, 0.3) is 0 Å². The Kier molecular flexibility index (Phi) is 3.49. The fourth-order valence-corrected chi connectivity index (χ4v) is 1.61. The lowest BCUT2D eigenvalue weighted by molar-refractivity contribution is 0.169. The second-order valence-electron chi connectivity index (χ2n) is 2.74. The number of aromatic nitrogens is 1. The Labute approximate surface area is 76.5 Å². The number of aliphatic hydroxyl groups excluding tert-OH is 1. The van der Waals surface area contributed by atoms with Gasteiger partial charge in [0.15, 0.2) is 5.13 Å². The molecular formula is C8H14N2OS. The van der Waals surface area contributed by atoms with E-state index in [0.29, 0.717) is 0 Å². The number of nitrogens with one attached hydrogen (secondary N) is 1. The Morgan fingerprint density at radius 2 is 2.50 bits per heavy atom. The fourth-order valence-electron chi connectivity index (χ4n) is 1.02. The van der Waals surface area contributed by atoms with Crippen LogP contribution in [0, 0.1) is 0 Å². The molecule has 1 heterocycles. The first-order valence-electron chi connectivity index (χ1n) is 4.08. The Hall–Kier alpha value is -0.610.